The maximum absolute atomic E-state index is 12.0. The van der Waals surface area contributed by atoms with Crippen molar-refractivity contribution in [1.29, 1.82) is 0 Å². The van der Waals surface area contributed by atoms with Crippen LogP contribution in [0.2, 0.25) is 10.0 Å². The fourth-order valence-corrected chi connectivity index (χ4v) is 2.87. The molecule has 9 nitrogen and oxygen atoms in total. The zero-order chi connectivity index (χ0) is 23.5. The lowest BCUT2D eigenvalue weighted by atomic mass is 10.2. The highest BCUT2D eigenvalue weighted by atomic mass is 35.5. The van der Waals surface area contributed by atoms with E-state index in [1.165, 1.54) is 19.2 Å². The van der Waals surface area contributed by atoms with Crippen LogP contribution in [0.1, 0.15) is 29.6 Å². The van der Waals surface area contributed by atoms with E-state index in [1.807, 2.05) is 0 Å². The Bertz CT molecular complexity index is 999. The average molecular weight is 482 g/mol. The summed E-state index contributed by atoms with van der Waals surface area (Å²) in [5.41, 5.74) is 5.04. The second kappa shape index (κ2) is 12.5. The Labute approximate surface area is 194 Å². The highest BCUT2D eigenvalue weighted by Crippen LogP contribution is 2.27. The number of amides is 3. The summed E-state index contributed by atoms with van der Waals surface area (Å²) in [7, 11) is 1.44. The van der Waals surface area contributed by atoms with Crippen LogP contribution in [0, 0.1) is 0 Å². The summed E-state index contributed by atoms with van der Waals surface area (Å²) < 4.78 is 10.0. The number of ether oxygens (including phenoxy) is 2. The number of benzene rings is 2. The minimum atomic E-state index is -0.647. The number of anilines is 1. The first-order valence-electron chi connectivity index (χ1n) is 9.43. The lowest BCUT2D eigenvalue weighted by molar-refractivity contribution is -0.147. The maximum Gasteiger partial charge on any atom is 0.306 e. The van der Waals surface area contributed by atoms with Gasteiger partial charge in [0.15, 0.2) is 6.61 Å². The van der Waals surface area contributed by atoms with Crippen molar-refractivity contribution >= 4 is 52.6 Å². The van der Waals surface area contributed by atoms with Crippen LogP contribution < -0.4 is 20.9 Å². The van der Waals surface area contributed by atoms with Gasteiger partial charge in [-0.1, -0.05) is 35.3 Å². The molecule has 2 rings (SSSR count). The molecular formula is C21H21Cl2N3O6. The lowest BCUT2D eigenvalue weighted by Crippen LogP contribution is -2.41. The van der Waals surface area contributed by atoms with Gasteiger partial charge in [0.25, 0.3) is 11.8 Å². The second-order valence-electron chi connectivity index (χ2n) is 6.39. The van der Waals surface area contributed by atoms with E-state index in [0.717, 1.165) is 0 Å². The fourth-order valence-electron chi connectivity index (χ4n) is 2.48. The predicted molar refractivity (Wildman–Crippen MR) is 119 cm³/mol. The molecule has 0 spiro atoms. The van der Waals surface area contributed by atoms with Crippen LogP contribution in [-0.4, -0.2) is 37.4 Å². The van der Waals surface area contributed by atoms with Crippen LogP contribution in [0.3, 0.4) is 0 Å². The highest BCUT2D eigenvalue weighted by Gasteiger charge is 2.13. The lowest BCUT2D eigenvalue weighted by Gasteiger charge is -2.11. The molecule has 0 heterocycles. The standard InChI is InChI=1S/C21H21Cl2N3O6/c1-31-17-10-9-13(22)11-16(17)24-19(28)12-32-20(29)8-4-7-18(27)25-26-21(30)14-5-2-3-6-15(14)23/h2-3,5-6,9-11H,4,7-8,12H2,1H3,(H,24,28)(H,25,27)(H,26,30). The summed E-state index contributed by atoms with van der Waals surface area (Å²) in [4.78, 5) is 47.5. The zero-order valence-corrected chi connectivity index (χ0v) is 18.6. The van der Waals surface area contributed by atoms with E-state index in [-0.39, 0.29) is 29.8 Å². The van der Waals surface area contributed by atoms with Crippen molar-refractivity contribution in [3.05, 3.63) is 58.1 Å². The van der Waals surface area contributed by atoms with Crippen molar-refractivity contribution in [2.24, 2.45) is 0 Å². The van der Waals surface area contributed by atoms with Gasteiger partial charge < -0.3 is 14.8 Å². The Kier molecular flexibility index (Phi) is 9.77. The number of hydrogen-bond donors (Lipinski definition) is 3. The first-order valence-corrected chi connectivity index (χ1v) is 10.2. The summed E-state index contributed by atoms with van der Waals surface area (Å²) in [6.07, 6.45) is 0.0415. The van der Waals surface area contributed by atoms with E-state index in [0.29, 0.717) is 16.5 Å². The molecule has 2 aromatic carbocycles. The Balaban J connectivity index is 1.65. The smallest absolute Gasteiger partial charge is 0.306 e. The van der Waals surface area contributed by atoms with Gasteiger partial charge in [0.05, 0.1) is 23.4 Å². The molecule has 0 atom stereocenters. The highest BCUT2D eigenvalue weighted by molar-refractivity contribution is 6.33. The van der Waals surface area contributed by atoms with E-state index in [4.69, 9.17) is 32.7 Å². The quantitative estimate of drug-likeness (QED) is 0.373. The number of hydrazine groups is 1. The molecular weight excluding hydrogens is 461 g/mol. The number of hydrogen-bond acceptors (Lipinski definition) is 6. The van der Waals surface area contributed by atoms with Crippen molar-refractivity contribution in [3.8, 4) is 5.75 Å². The summed E-state index contributed by atoms with van der Waals surface area (Å²) in [5, 5.41) is 3.19. The number of carbonyl (C=O) groups is 4. The van der Waals surface area contributed by atoms with E-state index >= 15 is 0 Å². The third-order valence-electron chi connectivity index (χ3n) is 4.02. The van der Waals surface area contributed by atoms with Gasteiger partial charge in [0.2, 0.25) is 5.91 Å². The van der Waals surface area contributed by atoms with Crippen LogP contribution >= 0.6 is 23.2 Å². The van der Waals surface area contributed by atoms with Crippen molar-refractivity contribution in [3.63, 3.8) is 0 Å². The first-order chi connectivity index (χ1) is 15.3. The molecule has 0 unspecified atom stereocenters. The predicted octanol–water partition coefficient (Wildman–Crippen LogP) is 3.12. The van der Waals surface area contributed by atoms with Crippen LogP contribution in [0.4, 0.5) is 5.69 Å². The zero-order valence-electron chi connectivity index (χ0n) is 17.1. The molecule has 0 saturated carbocycles. The summed E-state index contributed by atoms with van der Waals surface area (Å²) >= 11 is 11.8. The minimum Gasteiger partial charge on any atom is -0.495 e. The van der Waals surface area contributed by atoms with Gasteiger partial charge in [0, 0.05) is 17.9 Å². The van der Waals surface area contributed by atoms with E-state index in [2.05, 4.69) is 16.2 Å². The molecule has 0 bridgehead atoms. The van der Waals surface area contributed by atoms with E-state index in [1.54, 1.807) is 30.3 Å². The van der Waals surface area contributed by atoms with Crippen LogP contribution in [-0.2, 0) is 19.1 Å². The van der Waals surface area contributed by atoms with Gasteiger partial charge in [-0.05, 0) is 36.8 Å². The molecule has 11 heteroatoms. The minimum absolute atomic E-state index is 0.0379. The Morgan fingerprint density at radius 3 is 2.41 bits per heavy atom. The monoisotopic (exact) mass is 481 g/mol. The Morgan fingerprint density at radius 2 is 1.69 bits per heavy atom. The van der Waals surface area contributed by atoms with Crippen LogP contribution in [0.5, 0.6) is 5.75 Å². The van der Waals surface area contributed by atoms with Gasteiger partial charge in [-0.15, -0.1) is 0 Å². The summed E-state index contributed by atoms with van der Waals surface area (Å²) in [6.45, 7) is -0.505. The Morgan fingerprint density at radius 1 is 0.938 bits per heavy atom. The maximum atomic E-state index is 12.0. The number of halogens is 2. The van der Waals surface area contributed by atoms with Crippen molar-refractivity contribution in [2.45, 2.75) is 19.3 Å². The first kappa shape index (κ1) is 25.0. The van der Waals surface area contributed by atoms with E-state index < -0.39 is 30.3 Å². The summed E-state index contributed by atoms with van der Waals surface area (Å²) in [6, 6.07) is 11.1. The van der Waals surface area contributed by atoms with Gasteiger partial charge in [-0.2, -0.15) is 0 Å². The van der Waals surface area contributed by atoms with Gasteiger partial charge in [-0.25, -0.2) is 0 Å². The summed E-state index contributed by atoms with van der Waals surface area (Å²) in [5.74, 6) is -1.87. The van der Waals surface area contributed by atoms with Crippen molar-refractivity contribution < 1.29 is 28.7 Å². The van der Waals surface area contributed by atoms with Gasteiger partial charge >= 0.3 is 5.97 Å². The molecule has 32 heavy (non-hydrogen) atoms. The fraction of sp³-hybridized carbons (Fsp3) is 0.238. The molecule has 2 aromatic rings. The molecule has 3 N–H and O–H groups in total. The molecule has 0 aliphatic rings. The topological polar surface area (TPSA) is 123 Å². The second-order valence-corrected chi connectivity index (χ2v) is 7.23. The van der Waals surface area contributed by atoms with Crippen molar-refractivity contribution in [2.75, 3.05) is 19.0 Å². The number of esters is 1. The molecule has 3 amide bonds. The number of rotatable bonds is 9. The van der Waals surface area contributed by atoms with Crippen LogP contribution in [0.15, 0.2) is 42.5 Å². The molecule has 0 aliphatic carbocycles. The van der Waals surface area contributed by atoms with Crippen LogP contribution in [0.25, 0.3) is 0 Å². The third kappa shape index (κ3) is 8.09. The molecule has 0 aliphatic heterocycles. The normalized spacial score (nSPS) is 10.1. The third-order valence-corrected chi connectivity index (χ3v) is 4.58. The van der Waals surface area contributed by atoms with Gasteiger partial charge in [0.1, 0.15) is 5.75 Å². The molecule has 0 aromatic heterocycles. The number of carbonyl (C=O) groups excluding carboxylic acids is 4. The number of methoxy groups -OCH3 is 1. The van der Waals surface area contributed by atoms with Crippen molar-refractivity contribution in [1.82, 2.24) is 10.9 Å². The largest absolute Gasteiger partial charge is 0.495 e. The molecule has 0 radical (unpaired) electrons. The molecule has 0 fully saturated rings. The Hall–Kier alpha value is -3.30. The molecule has 0 saturated heterocycles. The van der Waals surface area contributed by atoms with E-state index in [9.17, 15) is 19.2 Å². The SMILES string of the molecule is COc1ccc(Cl)cc1NC(=O)COC(=O)CCCC(=O)NNC(=O)c1ccccc1Cl. The van der Waals surface area contributed by atoms with Gasteiger partial charge in [-0.3, -0.25) is 30.0 Å². The average Bonchev–Trinajstić information content (AvgIpc) is 2.76. The number of nitrogens with one attached hydrogen (secondary N) is 3. The molecule has 170 valence electrons.